The number of hydrogen-bond acceptors (Lipinski definition) is 3. The van der Waals surface area contributed by atoms with Crippen molar-refractivity contribution in [1.82, 2.24) is 10.3 Å². The lowest BCUT2D eigenvalue weighted by Crippen LogP contribution is -2.39. The first-order valence-electron chi connectivity index (χ1n) is 7.57. The minimum Gasteiger partial charge on any atom is -0.311 e. The van der Waals surface area contributed by atoms with Crippen molar-refractivity contribution < 1.29 is 0 Å². The summed E-state index contributed by atoms with van der Waals surface area (Å²) in [7, 11) is 0. The minimum atomic E-state index is 0.139. The van der Waals surface area contributed by atoms with Crippen molar-refractivity contribution >= 4 is 11.3 Å². The Bertz CT molecular complexity index is 581. The first-order valence-corrected chi connectivity index (χ1v) is 8.44. The van der Waals surface area contributed by atoms with Crippen molar-refractivity contribution in [2.24, 2.45) is 0 Å². The molecule has 0 fully saturated rings. The summed E-state index contributed by atoms with van der Waals surface area (Å²) < 4.78 is 0. The van der Waals surface area contributed by atoms with Crippen LogP contribution >= 0.6 is 11.3 Å². The highest BCUT2D eigenvalue weighted by molar-refractivity contribution is 7.09. The predicted molar refractivity (Wildman–Crippen MR) is 92.2 cm³/mol. The number of aryl methyl sites for hydroxylation is 2. The average Bonchev–Trinajstić information content (AvgIpc) is 2.80. The highest BCUT2D eigenvalue weighted by Gasteiger charge is 2.19. The molecule has 2 nitrogen and oxygen atoms in total. The minimum absolute atomic E-state index is 0.139. The van der Waals surface area contributed by atoms with Crippen LogP contribution in [0.25, 0.3) is 0 Å². The maximum atomic E-state index is 4.64. The number of nitrogens with zero attached hydrogens (tertiary/aromatic N) is 1. The molecule has 3 heteroatoms. The van der Waals surface area contributed by atoms with Crippen LogP contribution in [-0.2, 0) is 6.42 Å². The van der Waals surface area contributed by atoms with Gasteiger partial charge in [-0.25, -0.2) is 4.98 Å². The Morgan fingerprint density at radius 2 is 1.90 bits per heavy atom. The second-order valence-electron chi connectivity index (χ2n) is 6.77. The molecule has 1 aromatic carbocycles. The van der Waals surface area contributed by atoms with Crippen LogP contribution in [0.3, 0.4) is 0 Å². The van der Waals surface area contributed by atoms with Gasteiger partial charge in [0, 0.05) is 35.5 Å². The van der Waals surface area contributed by atoms with Gasteiger partial charge in [-0.1, -0.05) is 24.3 Å². The van der Waals surface area contributed by atoms with E-state index >= 15 is 0 Å². The Hall–Kier alpha value is -1.19. The maximum absolute atomic E-state index is 4.64. The van der Waals surface area contributed by atoms with Crippen molar-refractivity contribution in [3.05, 3.63) is 51.5 Å². The molecule has 21 heavy (non-hydrogen) atoms. The molecule has 0 saturated heterocycles. The Balaban J connectivity index is 2.19. The zero-order chi connectivity index (χ0) is 15.5. The fraction of sp³-hybridized carbons (Fsp3) is 0.500. The zero-order valence-corrected chi connectivity index (χ0v) is 14.6. The number of hydrogen-bond donors (Lipinski definition) is 1. The smallest absolute Gasteiger partial charge is 0.0934 e. The van der Waals surface area contributed by atoms with Gasteiger partial charge < -0.3 is 5.32 Å². The largest absolute Gasteiger partial charge is 0.311 e. The second kappa shape index (κ2) is 6.71. The number of rotatable bonds is 5. The summed E-state index contributed by atoms with van der Waals surface area (Å²) in [5.41, 5.74) is 4.07. The third-order valence-electron chi connectivity index (χ3n) is 3.59. The fourth-order valence-corrected chi connectivity index (χ4v) is 3.33. The molecule has 0 aliphatic heterocycles. The van der Waals surface area contributed by atoms with Crippen LogP contribution < -0.4 is 5.32 Å². The highest BCUT2D eigenvalue weighted by atomic mass is 32.1. The molecule has 0 amide bonds. The monoisotopic (exact) mass is 302 g/mol. The second-order valence-corrected chi connectivity index (χ2v) is 7.71. The van der Waals surface area contributed by atoms with E-state index in [-0.39, 0.29) is 5.54 Å². The summed E-state index contributed by atoms with van der Waals surface area (Å²) in [5.74, 6) is 0.468. The van der Waals surface area contributed by atoms with Crippen molar-refractivity contribution in [3.8, 4) is 0 Å². The van der Waals surface area contributed by atoms with Crippen LogP contribution in [0.15, 0.2) is 29.6 Å². The molecule has 1 atom stereocenters. The normalized spacial score (nSPS) is 13.4. The zero-order valence-electron chi connectivity index (χ0n) is 13.7. The van der Waals surface area contributed by atoms with Gasteiger partial charge in [0.1, 0.15) is 0 Å². The first kappa shape index (κ1) is 16.2. The summed E-state index contributed by atoms with van der Waals surface area (Å²) in [4.78, 5) is 4.64. The third-order valence-corrected chi connectivity index (χ3v) is 4.58. The lowest BCUT2D eigenvalue weighted by molar-refractivity contribution is 0.404. The van der Waals surface area contributed by atoms with Crippen molar-refractivity contribution in [2.45, 2.75) is 52.5 Å². The van der Waals surface area contributed by atoms with Crippen LogP contribution in [0.4, 0.5) is 0 Å². The molecule has 2 aromatic rings. The van der Waals surface area contributed by atoms with Gasteiger partial charge in [-0.3, -0.25) is 0 Å². The predicted octanol–water partition coefficient (Wildman–Crippen LogP) is 4.47. The quantitative estimate of drug-likeness (QED) is 0.881. The molecular weight excluding hydrogens is 276 g/mol. The van der Waals surface area contributed by atoms with E-state index < -0.39 is 0 Å². The van der Waals surface area contributed by atoms with Crippen LogP contribution in [0.5, 0.6) is 0 Å². The Kier molecular flexibility index (Phi) is 5.17. The lowest BCUT2D eigenvalue weighted by Gasteiger charge is -2.26. The topological polar surface area (TPSA) is 24.9 Å². The molecular formula is C18H26N2S. The van der Waals surface area contributed by atoms with Gasteiger partial charge in [0.15, 0.2) is 0 Å². The van der Waals surface area contributed by atoms with E-state index in [1.807, 2.05) is 0 Å². The van der Waals surface area contributed by atoms with Gasteiger partial charge in [0.25, 0.3) is 0 Å². The molecule has 1 unspecified atom stereocenters. The lowest BCUT2D eigenvalue weighted by atomic mass is 9.91. The van der Waals surface area contributed by atoms with Gasteiger partial charge in [-0.2, -0.15) is 0 Å². The van der Waals surface area contributed by atoms with Crippen molar-refractivity contribution in [3.63, 3.8) is 0 Å². The van der Waals surface area contributed by atoms with Gasteiger partial charge in [-0.15, -0.1) is 11.3 Å². The average molecular weight is 302 g/mol. The molecule has 0 bridgehead atoms. The van der Waals surface area contributed by atoms with Crippen molar-refractivity contribution in [2.75, 3.05) is 6.54 Å². The van der Waals surface area contributed by atoms with E-state index in [9.17, 15) is 0 Å². The molecule has 1 heterocycles. The standard InChI is InChI=1S/C18H26N2S/c1-13-8-6-7-9-16(13)15(11-19-18(3,4)5)10-17-20-14(2)12-21-17/h6-9,12,15,19H,10-11H2,1-5H3. The summed E-state index contributed by atoms with van der Waals surface area (Å²) in [6, 6.07) is 8.71. The van der Waals surface area contributed by atoms with Gasteiger partial charge in [0.2, 0.25) is 0 Å². The molecule has 0 aliphatic rings. The van der Waals surface area contributed by atoms with Crippen LogP contribution in [0.2, 0.25) is 0 Å². The van der Waals surface area contributed by atoms with E-state index in [2.05, 4.69) is 74.6 Å². The van der Waals surface area contributed by atoms with Crippen LogP contribution in [-0.4, -0.2) is 17.1 Å². The molecule has 1 aromatic heterocycles. The van der Waals surface area contributed by atoms with Gasteiger partial charge in [0.05, 0.1) is 5.01 Å². The molecule has 0 saturated carbocycles. The number of nitrogens with one attached hydrogen (secondary N) is 1. The molecule has 114 valence electrons. The van der Waals surface area contributed by atoms with Gasteiger partial charge >= 0.3 is 0 Å². The molecule has 0 spiro atoms. The summed E-state index contributed by atoms with van der Waals surface area (Å²) >= 11 is 1.77. The molecule has 2 rings (SSSR count). The third kappa shape index (κ3) is 4.94. The van der Waals surface area contributed by atoms with Gasteiger partial charge in [-0.05, 0) is 45.7 Å². The highest BCUT2D eigenvalue weighted by Crippen LogP contribution is 2.25. The van der Waals surface area contributed by atoms with Crippen molar-refractivity contribution in [1.29, 1.82) is 0 Å². The number of benzene rings is 1. The SMILES string of the molecule is Cc1csc(CC(CNC(C)(C)C)c2ccccc2C)n1. The van der Waals surface area contributed by atoms with E-state index in [4.69, 9.17) is 0 Å². The van der Waals surface area contributed by atoms with E-state index in [0.29, 0.717) is 5.92 Å². The Labute approximate surface area is 132 Å². The van der Waals surface area contributed by atoms with Crippen LogP contribution in [0.1, 0.15) is 48.5 Å². The molecule has 0 aliphatic carbocycles. The van der Waals surface area contributed by atoms with Crippen LogP contribution in [0, 0.1) is 13.8 Å². The van der Waals surface area contributed by atoms with E-state index in [1.54, 1.807) is 11.3 Å². The fourth-order valence-electron chi connectivity index (χ4n) is 2.47. The summed E-state index contributed by atoms with van der Waals surface area (Å²) in [6.07, 6.45) is 1.01. The number of aromatic nitrogens is 1. The Morgan fingerprint density at radius 1 is 1.19 bits per heavy atom. The Morgan fingerprint density at radius 3 is 2.48 bits per heavy atom. The molecule has 1 N–H and O–H groups in total. The van der Waals surface area contributed by atoms with E-state index in [1.165, 1.54) is 16.1 Å². The maximum Gasteiger partial charge on any atom is 0.0934 e. The van der Waals surface area contributed by atoms with E-state index in [0.717, 1.165) is 18.7 Å². The molecule has 0 radical (unpaired) electrons. The summed E-state index contributed by atoms with van der Waals surface area (Å²) in [6.45, 7) is 11.9. The number of thiazole rings is 1. The first-order chi connectivity index (χ1) is 9.85. The summed E-state index contributed by atoms with van der Waals surface area (Å²) in [5, 5.41) is 7.02.